The van der Waals surface area contributed by atoms with Crippen LogP contribution in [0.25, 0.3) is 0 Å². The second kappa shape index (κ2) is 6.36. The van der Waals surface area contributed by atoms with Crippen LogP contribution in [-0.4, -0.2) is 17.7 Å². The van der Waals surface area contributed by atoms with Crippen LogP contribution >= 0.6 is 0 Å². The summed E-state index contributed by atoms with van der Waals surface area (Å²) >= 11 is 0. The van der Waals surface area contributed by atoms with Crippen molar-refractivity contribution in [1.82, 2.24) is 10.6 Å². The smallest absolute Gasteiger partial charge is 0.315 e. The Bertz CT molecular complexity index is 729. The minimum Gasteiger partial charge on any atom is -0.469 e. The van der Waals surface area contributed by atoms with E-state index in [1.54, 1.807) is 26.2 Å². The van der Waals surface area contributed by atoms with Gasteiger partial charge in [0.2, 0.25) is 0 Å². The van der Waals surface area contributed by atoms with E-state index in [-0.39, 0.29) is 18.6 Å². The third-order valence-electron chi connectivity index (χ3n) is 4.57. The molecule has 2 heterocycles. The minimum absolute atomic E-state index is 0.0460. The molecule has 0 bridgehead atoms. The van der Waals surface area contributed by atoms with Crippen molar-refractivity contribution in [3.63, 3.8) is 0 Å². The van der Waals surface area contributed by atoms with Crippen LogP contribution in [0.3, 0.4) is 0 Å². The van der Waals surface area contributed by atoms with Crippen LogP contribution in [0.2, 0.25) is 0 Å². The SMILES string of the molecule is Cc1cc(C(C)(O)CNC(=O)NC2CCCc3occc32)c(C)o1. The number of carbonyl (C=O) groups excluding carboxylic acids is 1. The predicted octanol–water partition coefficient (Wildman–Crippen LogP) is 3.07. The maximum Gasteiger partial charge on any atom is 0.315 e. The number of nitrogens with one attached hydrogen (secondary N) is 2. The largest absolute Gasteiger partial charge is 0.469 e. The van der Waals surface area contributed by atoms with Crippen molar-refractivity contribution in [3.05, 3.63) is 46.8 Å². The number of hydrogen-bond donors (Lipinski definition) is 3. The maximum absolute atomic E-state index is 12.2. The van der Waals surface area contributed by atoms with Crippen LogP contribution in [0.15, 0.2) is 27.2 Å². The Balaban J connectivity index is 1.59. The molecule has 2 aromatic rings. The van der Waals surface area contributed by atoms with Gasteiger partial charge in [-0.25, -0.2) is 4.79 Å². The fourth-order valence-electron chi connectivity index (χ4n) is 3.36. The van der Waals surface area contributed by atoms with Gasteiger partial charge in [-0.2, -0.15) is 0 Å². The number of amides is 2. The van der Waals surface area contributed by atoms with Crippen molar-refractivity contribution in [2.24, 2.45) is 0 Å². The van der Waals surface area contributed by atoms with Crippen LogP contribution in [0.4, 0.5) is 4.79 Å². The first-order valence-electron chi connectivity index (χ1n) is 8.27. The summed E-state index contributed by atoms with van der Waals surface area (Å²) in [7, 11) is 0. The molecule has 0 saturated heterocycles. The number of furan rings is 2. The normalized spacial score (nSPS) is 19.4. The van der Waals surface area contributed by atoms with E-state index in [4.69, 9.17) is 8.83 Å². The number of hydrogen-bond acceptors (Lipinski definition) is 4. The number of aliphatic hydroxyl groups is 1. The quantitative estimate of drug-likeness (QED) is 0.803. The molecule has 0 fully saturated rings. The summed E-state index contributed by atoms with van der Waals surface area (Å²) in [4.78, 5) is 12.2. The maximum atomic E-state index is 12.2. The van der Waals surface area contributed by atoms with Gasteiger partial charge in [0.05, 0.1) is 18.8 Å². The van der Waals surface area contributed by atoms with E-state index in [2.05, 4.69) is 10.6 Å². The standard InChI is InChI=1S/C18H24N2O4/c1-11-9-14(12(2)24-11)18(3,22)10-19-17(21)20-15-5-4-6-16-13(15)7-8-23-16/h7-9,15,22H,4-6,10H2,1-3H3,(H2,19,20,21). The van der Waals surface area contributed by atoms with Gasteiger partial charge in [-0.15, -0.1) is 0 Å². The monoisotopic (exact) mass is 332 g/mol. The van der Waals surface area contributed by atoms with Gasteiger partial charge in [-0.05, 0) is 45.7 Å². The highest BCUT2D eigenvalue weighted by molar-refractivity contribution is 5.74. The molecule has 3 N–H and O–H groups in total. The lowest BCUT2D eigenvalue weighted by molar-refractivity contribution is 0.0577. The van der Waals surface area contributed by atoms with Gasteiger partial charge in [0.1, 0.15) is 22.9 Å². The van der Waals surface area contributed by atoms with Crippen molar-refractivity contribution in [3.8, 4) is 0 Å². The lowest BCUT2D eigenvalue weighted by atomic mass is 9.93. The molecule has 1 aliphatic rings. The number of aryl methyl sites for hydroxylation is 3. The summed E-state index contributed by atoms with van der Waals surface area (Å²) in [6, 6.07) is 3.36. The molecule has 130 valence electrons. The molecule has 1 aliphatic carbocycles. The van der Waals surface area contributed by atoms with E-state index >= 15 is 0 Å². The van der Waals surface area contributed by atoms with Crippen LogP contribution in [-0.2, 0) is 12.0 Å². The third kappa shape index (κ3) is 3.33. The van der Waals surface area contributed by atoms with Crippen molar-refractivity contribution in [1.29, 1.82) is 0 Å². The zero-order chi connectivity index (χ0) is 17.3. The summed E-state index contributed by atoms with van der Waals surface area (Å²) in [5, 5.41) is 16.4. The predicted molar refractivity (Wildman–Crippen MR) is 88.7 cm³/mol. The Morgan fingerprint density at radius 2 is 2.25 bits per heavy atom. The van der Waals surface area contributed by atoms with Crippen LogP contribution in [0.5, 0.6) is 0 Å². The Hall–Kier alpha value is -2.21. The second-order valence-electron chi connectivity index (χ2n) is 6.67. The highest BCUT2D eigenvalue weighted by atomic mass is 16.3. The molecular weight excluding hydrogens is 308 g/mol. The highest BCUT2D eigenvalue weighted by Crippen LogP contribution is 2.30. The van der Waals surface area contributed by atoms with E-state index in [0.717, 1.165) is 36.3 Å². The first kappa shape index (κ1) is 16.6. The lowest BCUT2D eigenvalue weighted by Crippen LogP contribution is -2.45. The molecule has 24 heavy (non-hydrogen) atoms. The number of urea groups is 1. The Labute approximate surface area is 141 Å². The van der Waals surface area contributed by atoms with Gasteiger partial charge < -0.3 is 24.6 Å². The molecule has 2 aromatic heterocycles. The van der Waals surface area contributed by atoms with Crippen molar-refractivity contribution in [2.45, 2.75) is 51.7 Å². The molecule has 3 rings (SSSR count). The first-order chi connectivity index (χ1) is 11.4. The van der Waals surface area contributed by atoms with Gasteiger partial charge in [0.25, 0.3) is 0 Å². The van der Waals surface area contributed by atoms with Crippen molar-refractivity contribution >= 4 is 6.03 Å². The molecule has 6 heteroatoms. The zero-order valence-electron chi connectivity index (χ0n) is 14.3. The number of rotatable bonds is 4. The van der Waals surface area contributed by atoms with E-state index in [9.17, 15) is 9.90 Å². The molecule has 0 aliphatic heterocycles. The second-order valence-corrected chi connectivity index (χ2v) is 6.67. The van der Waals surface area contributed by atoms with Crippen molar-refractivity contribution in [2.75, 3.05) is 6.54 Å². The molecule has 0 spiro atoms. The number of carbonyl (C=O) groups is 1. The summed E-state index contributed by atoms with van der Waals surface area (Å²) in [6.07, 6.45) is 4.44. The topological polar surface area (TPSA) is 87.6 Å². The minimum atomic E-state index is -1.19. The molecule has 0 aromatic carbocycles. The van der Waals surface area contributed by atoms with Gasteiger partial charge in [-0.1, -0.05) is 0 Å². The lowest BCUT2D eigenvalue weighted by Gasteiger charge is -2.26. The Morgan fingerprint density at radius 3 is 2.96 bits per heavy atom. The van der Waals surface area contributed by atoms with Crippen molar-refractivity contribution < 1.29 is 18.7 Å². The zero-order valence-corrected chi connectivity index (χ0v) is 14.3. The van der Waals surface area contributed by atoms with E-state index < -0.39 is 5.60 Å². The van der Waals surface area contributed by atoms with Gasteiger partial charge in [-0.3, -0.25) is 0 Å². The molecule has 2 amide bonds. The average Bonchev–Trinajstić information content (AvgIpc) is 3.12. The fraction of sp³-hybridized carbons (Fsp3) is 0.500. The van der Waals surface area contributed by atoms with Crippen LogP contribution in [0, 0.1) is 13.8 Å². The third-order valence-corrected chi connectivity index (χ3v) is 4.57. The number of fused-ring (bicyclic) bond motifs is 1. The molecule has 2 unspecified atom stereocenters. The van der Waals surface area contributed by atoms with E-state index in [0.29, 0.717) is 11.3 Å². The summed E-state index contributed by atoms with van der Waals surface area (Å²) < 4.78 is 10.9. The van der Waals surface area contributed by atoms with Crippen LogP contribution < -0.4 is 10.6 Å². The van der Waals surface area contributed by atoms with E-state index in [1.807, 2.05) is 13.0 Å². The molecule has 0 saturated carbocycles. The molecular formula is C18H24N2O4. The molecule has 2 atom stereocenters. The highest BCUT2D eigenvalue weighted by Gasteiger charge is 2.29. The molecule has 0 radical (unpaired) electrons. The van der Waals surface area contributed by atoms with Gasteiger partial charge in [0, 0.05) is 17.5 Å². The average molecular weight is 332 g/mol. The van der Waals surface area contributed by atoms with Gasteiger partial charge in [0.15, 0.2) is 0 Å². The first-order valence-corrected chi connectivity index (χ1v) is 8.27. The van der Waals surface area contributed by atoms with Crippen LogP contribution in [0.1, 0.15) is 54.2 Å². The Kier molecular flexibility index (Phi) is 4.41. The summed E-state index contributed by atoms with van der Waals surface area (Å²) in [5.41, 5.74) is 0.548. The fourth-order valence-corrected chi connectivity index (χ4v) is 3.36. The van der Waals surface area contributed by atoms with Gasteiger partial charge >= 0.3 is 6.03 Å². The Morgan fingerprint density at radius 1 is 1.46 bits per heavy atom. The summed E-state index contributed by atoms with van der Waals surface area (Å²) in [5.74, 6) is 2.35. The van der Waals surface area contributed by atoms with E-state index in [1.165, 1.54) is 0 Å². The molecule has 6 nitrogen and oxygen atoms in total. The summed E-state index contributed by atoms with van der Waals surface area (Å²) in [6.45, 7) is 5.40.